The lowest BCUT2D eigenvalue weighted by molar-refractivity contribution is 0.0739. The van der Waals surface area contributed by atoms with Gasteiger partial charge in [-0.3, -0.25) is 4.79 Å². The van der Waals surface area contributed by atoms with Crippen LogP contribution in [0.5, 0.6) is 0 Å². The lowest BCUT2D eigenvalue weighted by Crippen LogP contribution is -2.54. The summed E-state index contributed by atoms with van der Waals surface area (Å²) >= 11 is 3.37. The van der Waals surface area contributed by atoms with Gasteiger partial charge in [-0.15, -0.1) is 0 Å². The van der Waals surface area contributed by atoms with Crippen molar-refractivity contribution in [2.24, 2.45) is 0 Å². The summed E-state index contributed by atoms with van der Waals surface area (Å²) in [5.41, 5.74) is 0.918. The lowest BCUT2D eigenvalue weighted by atomic mass is 9.75. The molecule has 6 heteroatoms. The highest BCUT2D eigenvalue weighted by atomic mass is 79.9. The zero-order valence-corrected chi connectivity index (χ0v) is 13.3. The van der Waals surface area contributed by atoms with E-state index >= 15 is 0 Å². The van der Waals surface area contributed by atoms with Gasteiger partial charge in [-0.05, 0) is 56.2 Å². The van der Waals surface area contributed by atoms with Crippen LogP contribution in [0.4, 0.5) is 5.69 Å². The number of likely N-dealkylation sites (N-methyl/N-ethyl adjacent to an activating group) is 1. The Labute approximate surface area is 122 Å². The Bertz CT molecular complexity index is 508. The van der Waals surface area contributed by atoms with E-state index in [-0.39, 0.29) is 11.1 Å². The number of halogens is 1. The van der Waals surface area contributed by atoms with Gasteiger partial charge in [0.05, 0.1) is 11.9 Å². The van der Waals surface area contributed by atoms with Crippen LogP contribution in [-0.4, -0.2) is 40.9 Å². The Kier molecular flexibility index (Phi) is 4.30. The molecule has 1 heterocycles. The fourth-order valence-corrected chi connectivity index (χ4v) is 2.89. The van der Waals surface area contributed by atoms with E-state index in [2.05, 4.69) is 45.3 Å². The Morgan fingerprint density at radius 3 is 2.68 bits per heavy atom. The van der Waals surface area contributed by atoms with Crippen LogP contribution in [0.25, 0.3) is 0 Å². The number of nitrogens with zero attached hydrogens (tertiary/aromatic N) is 3. The molecule has 1 aromatic rings. The molecule has 1 saturated carbocycles. The fraction of sp³-hybridized carbons (Fsp3) is 0.692. The maximum absolute atomic E-state index is 12.0. The molecule has 0 unspecified atom stereocenters. The molecule has 106 valence electrons. The lowest BCUT2D eigenvalue weighted by Gasteiger charge is -2.47. The summed E-state index contributed by atoms with van der Waals surface area (Å²) < 4.78 is 2.01. The van der Waals surface area contributed by atoms with Crippen molar-refractivity contribution in [3.05, 3.63) is 21.0 Å². The topological polar surface area (TPSA) is 50.2 Å². The van der Waals surface area contributed by atoms with E-state index in [1.54, 1.807) is 6.20 Å². The van der Waals surface area contributed by atoms with Gasteiger partial charge in [-0.25, -0.2) is 4.68 Å². The second kappa shape index (κ2) is 5.63. The standard InChI is InChI=1S/C13H21BrN4O/c1-4-18-12(19)11(14)10(8-16-18)15-9-13(17(2)3)6-5-7-13/h8,15H,4-7,9H2,1-3H3. The van der Waals surface area contributed by atoms with Gasteiger partial charge in [-0.1, -0.05) is 0 Å². The van der Waals surface area contributed by atoms with Gasteiger partial charge in [0.25, 0.3) is 5.56 Å². The first-order valence-electron chi connectivity index (χ1n) is 6.67. The zero-order valence-electron chi connectivity index (χ0n) is 11.7. The molecule has 0 bridgehead atoms. The van der Waals surface area contributed by atoms with E-state index in [0.717, 1.165) is 12.2 Å². The van der Waals surface area contributed by atoms with Crippen LogP contribution in [0.15, 0.2) is 15.5 Å². The number of nitrogens with one attached hydrogen (secondary N) is 1. The summed E-state index contributed by atoms with van der Waals surface area (Å²) in [6.45, 7) is 3.33. The van der Waals surface area contributed by atoms with Crippen LogP contribution in [-0.2, 0) is 6.54 Å². The molecule has 1 fully saturated rings. The van der Waals surface area contributed by atoms with Gasteiger partial charge in [0.2, 0.25) is 0 Å². The van der Waals surface area contributed by atoms with Crippen LogP contribution >= 0.6 is 15.9 Å². The van der Waals surface area contributed by atoms with Gasteiger partial charge < -0.3 is 10.2 Å². The minimum atomic E-state index is -0.0833. The Morgan fingerprint density at radius 1 is 1.53 bits per heavy atom. The maximum atomic E-state index is 12.0. The minimum Gasteiger partial charge on any atom is -0.381 e. The van der Waals surface area contributed by atoms with Crippen LogP contribution in [0.1, 0.15) is 26.2 Å². The van der Waals surface area contributed by atoms with Gasteiger partial charge in [0.1, 0.15) is 4.47 Å². The Balaban J connectivity index is 2.12. The highest BCUT2D eigenvalue weighted by Gasteiger charge is 2.38. The van der Waals surface area contributed by atoms with Crippen molar-refractivity contribution in [1.29, 1.82) is 0 Å². The molecule has 1 aliphatic carbocycles. The van der Waals surface area contributed by atoms with Crippen molar-refractivity contribution in [2.75, 3.05) is 26.0 Å². The Hall–Kier alpha value is -0.880. The SMILES string of the molecule is CCn1ncc(NCC2(N(C)C)CCC2)c(Br)c1=O. The van der Waals surface area contributed by atoms with Crippen molar-refractivity contribution >= 4 is 21.6 Å². The highest BCUT2D eigenvalue weighted by Crippen LogP contribution is 2.36. The highest BCUT2D eigenvalue weighted by molar-refractivity contribution is 9.10. The third kappa shape index (κ3) is 2.69. The minimum absolute atomic E-state index is 0.0833. The second-order valence-electron chi connectivity index (χ2n) is 5.32. The number of rotatable bonds is 5. The zero-order chi connectivity index (χ0) is 14.0. The maximum Gasteiger partial charge on any atom is 0.283 e. The largest absolute Gasteiger partial charge is 0.381 e. The van der Waals surface area contributed by atoms with Gasteiger partial charge in [-0.2, -0.15) is 5.10 Å². The van der Waals surface area contributed by atoms with E-state index in [1.165, 1.54) is 23.9 Å². The van der Waals surface area contributed by atoms with Crippen LogP contribution in [0.2, 0.25) is 0 Å². The molecule has 0 saturated heterocycles. The van der Waals surface area contributed by atoms with Crippen molar-refractivity contribution < 1.29 is 0 Å². The van der Waals surface area contributed by atoms with E-state index in [0.29, 0.717) is 11.0 Å². The number of anilines is 1. The number of hydrogen-bond donors (Lipinski definition) is 1. The summed E-state index contributed by atoms with van der Waals surface area (Å²) in [5, 5.41) is 7.51. The van der Waals surface area contributed by atoms with E-state index in [9.17, 15) is 4.79 Å². The van der Waals surface area contributed by atoms with Crippen LogP contribution < -0.4 is 10.9 Å². The summed E-state index contributed by atoms with van der Waals surface area (Å²) in [5.74, 6) is 0. The molecule has 5 nitrogen and oxygen atoms in total. The molecule has 2 rings (SSSR count). The second-order valence-corrected chi connectivity index (χ2v) is 6.11. The first-order valence-corrected chi connectivity index (χ1v) is 7.46. The summed E-state index contributed by atoms with van der Waals surface area (Å²) in [7, 11) is 4.23. The molecule has 0 atom stereocenters. The number of aromatic nitrogens is 2. The molecule has 0 radical (unpaired) electrons. The van der Waals surface area contributed by atoms with Gasteiger partial charge >= 0.3 is 0 Å². The molecular weight excluding hydrogens is 308 g/mol. The molecule has 0 aromatic carbocycles. The molecule has 1 N–H and O–H groups in total. The number of hydrogen-bond acceptors (Lipinski definition) is 4. The molecular formula is C13H21BrN4O. The summed E-state index contributed by atoms with van der Waals surface area (Å²) in [6.07, 6.45) is 5.39. The molecule has 1 aliphatic rings. The predicted octanol–water partition coefficient (Wildman–Crippen LogP) is 1.92. The number of aryl methyl sites for hydroxylation is 1. The predicted molar refractivity (Wildman–Crippen MR) is 80.6 cm³/mol. The normalized spacial score (nSPS) is 17.3. The molecule has 19 heavy (non-hydrogen) atoms. The first kappa shape index (κ1) is 14.5. The van der Waals surface area contributed by atoms with Crippen LogP contribution in [0.3, 0.4) is 0 Å². The third-order valence-electron chi connectivity index (χ3n) is 4.13. The summed E-state index contributed by atoms with van der Waals surface area (Å²) in [6, 6.07) is 0. The summed E-state index contributed by atoms with van der Waals surface area (Å²) in [4.78, 5) is 14.2. The molecule has 1 aromatic heterocycles. The van der Waals surface area contributed by atoms with Crippen LogP contribution in [0, 0.1) is 0 Å². The average molecular weight is 329 g/mol. The van der Waals surface area contributed by atoms with Gasteiger partial charge in [0.15, 0.2) is 0 Å². The average Bonchev–Trinajstić information content (AvgIpc) is 2.32. The van der Waals surface area contributed by atoms with Gasteiger partial charge in [0, 0.05) is 18.6 Å². The van der Waals surface area contributed by atoms with Crippen molar-refractivity contribution in [2.45, 2.75) is 38.3 Å². The molecule has 0 aliphatic heterocycles. The van der Waals surface area contributed by atoms with E-state index < -0.39 is 0 Å². The Morgan fingerprint density at radius 2 is 2.21 bits per heavy atom. The quantitative estimate of drug-likeness (QED) is 0.897. The van der Waals surface area contributed by atoms with Crippen molar-refractivity contribution in [3.8, 4) is 0 Å². The molecule has 0 amide bonds. The fourth-order valence-electron chi connectivity index (χ4n) is 2.44. The van der Waals surface area contributed by atoms with E-state index in [4.69, 9.17) is 0 Å². The third-order valence-corrected chi connectivity index (χ3v) is 4.89. The van der Waals surface area contributed by atoms with E-state index in [1.807, 2.05) is 6.92 Å². The van der Waals surface area contributed by atoms with Crippen molar-refractivity contribution in [1.82, 2.24) is 14.7 Å². The smallest absolute Gasteiger partial charge is 0.283 e. The first-order chi connectivity index (χ1) is 9.00. The monoisotopic (exact) mass is 328 g/mol. The van der Waals surface area contributed by atoms with Crippen molar-refractivity contribution in [3.63, 3.8) is 0 Å². The molecule has 0 spiro atoms.